The Balaban J connectivity index is 1.87. The monoisotopic (exact) mass is 330 g/mol. The molecule has 7 heteroatoms. The van der Waals surface area contributed by atoms with Crippen molar-refractivity contribution >= 4 is 11.8 Å². The molecule has 24 heavy (non-hydrogen) atoms. The fourth-order valence-corrected chi connectivity index (χ4v) is 3.14. The van der Waals surface area contributed by atoms with Gasteiger partial charge in [0.15, 0.2) is 0 Å². The molecule has 2 heterocycles. The number of nitrogens with one attached hydrogen (secondary N) is 1. The second-order valence-electron chi connectivity index (χ2n) is 6.10. The predicted octanol–water partition coefficient (Wildman–Crippen LogP) is 1.57. The molecule has 6 nitrogen and oxygen atoms in total. The summed E-state index contributed by atoms with van der Waals surface area (Å²) in [5.41, 5.74) is 1.60. The summed E-state index contributed by atoms with van der Waals surface area (Å²) < 4.78 is 15.6. The molecule has 1 aromatic heterocycles. The molecule has 0 bridgehead atoms. The van der Waals surface area contributed by atoms with Crippen LogP contribution in [-0.4, -0.2) is 39.6 Å². The standard InChI is InChI=1S/C17H19FN4O2/c1-10-4-5-12(18)11(8-10)17(24)20-13-9-15(23)21(2)16(13)14-6-7-19-22(14)3/h4-8,13,16H,9H2,1-3H3,(H,20,24)/t13-,16-/m1/s1. The van der Waals surface area contributed by atoms with Crippen LogP contribution in [0.5, 0.6) is 0 Å². The molecule has 0 radical (unpaired) electrons. The Bertz CT molecular complexity index is 802. The van der Waals surface area contributed by atoms with Gasteiger partial charge in [-0.25, -0.2) is 4.39 Å². The first kappa shape index (κ1) is 16.2. The van der Waals surface area contributed by atoms with E-state index in [-0.39, 0.29) is 23.9 Å². The Morgan fingerprint density at radius 1 is 1.33 bits per heavy atom. The smallest absolute Gasteiger partial charge is 0.254 e. The molecule has 0 saturated carbocycles. The first-order chi connectivity index (χ1) is 11.4. The zero-order chi connectivity index (χ0) is 17.4. The van der Waals surface area contributed by atoms with Crippen LogP contribution in [0.15, 0.2) is 30.5 Å². The molecule has 2 atom stereocenters. The van der Waals surface area contributed by atoms with Gasteiger partial charge in [-0.15, -0.1) is 0 Å². The summed E-state index contributed by atoms with van der Waals surface area (Å²) in [6, 6.07) is 5.43. The molecule has 1 aliphatic heterocycles. The maximum absolute atomic E-state index is 13.9. The molecule has 1 aromatic carbocycles. The molecule has 0 unspecified atom stereocenters. The number of halogens is 1. The highest BCUT2D eigenvalue weighted by Crippen LogP contribution is 2.31. The van der Waals surface area contributed by atoms with Crippen molar-refractivity contribution < 1.29 is 14.0 Å². The molecular formula is C17H19FN4O2. The van der Waals surface area contributed by atoms with E-state index in [2.05, 4.69) is 10.4 Å². The number of hydrogen-bond donors (Lipinski definition) is 1. The van der Waals surface area contributed by atoms with Gasteiger partial charge in [-0.2, -0.15) is 5.10 Å². The topological polar surface area (TPSA) is 67.2 Å². The highest BCUT2D eigenvalue weighted by Gasteiger charge is 2.41. The summed E-state index contributed by atoms with van der Waals surface area (Å²) in [6.07, 6.45) is 1.82. The number of benzene rings is 1. The van der Waals surface area contributed by atoms with Crippen molar-refractivity contribution in [1.82, 2.24) is 20.0 Å². The Morgan fingerprint density at radius 3 is 2.75 bits per heavy atom. The highest BCUT2D eigenvalue weighted by molar-refractivity contribution is 5.95. The number of rotatable bonds is 3. The van der Waals surface area contributed by atoms with Gasteiger partial charge in [0.1, 0.15) is 5.82 Å². The van der Waals surface area contributed by atoms with Crippen LogP contribution >= 0.6 is 0 Å². The summed E-state index contributed by atoms with van der Waals surface area (Å²) in [7, 11) is 3.48. The fourth-order valence-electron chi connectivity index (χ4n) is 3.14. The number of likely N-dealkylation sites (tertiary alicyclic amines) is 1. The first-order valence-electron chi connectivity index (χ1n) is 7.69. The Hall–Kier alpha value is -2.70. The Kier molecular flexibility index (Phi) is 4.09. The number of aromatic nitrogens is 2. The van der Waals surface area contributed by atoms with Gasteiger partial charge in [0, 0.05) is 26.7 Å². The van der Waals surface area contributed by atoms with Crippen LogP contribution in [0.3, 0.4) is 0 Å². The number of carbonyl (C=O) groups is 2. The van der Waals surface area contributed by atoms with Gasteiger partial charge in [-0.05, 0) is 25.1 Å². The third-order valence-electron chi connectivity index (χ3n) is 4.43. The molecule has 2 amide bonds. The number of aryl methyl sites for hydroxylation is 2. The summed E-state index contributed by atoms with van der Waals surface area (Å²) in [5, 5.41) is 6.93. The van der Waals surface area contributed by atoms with E-state index < -0.39 is 17.8 Å². The van der Waals surface area contributed by atoms with Gasteiger partial charge in [-0.1, -0.05) is 11.6 Å². The van der Waals surface area contributed by atoms with E-state index in [1.165, 1.54) is 12.1 Å². The quantitative estimate of drug-likeness (QED) is 0.929. The van der Waals surface area contributed by atoms with E-state index >= 15 is 0 Å². The molecule has 1 N–H and O–H groups in total. The van der Waals surface area contributed by atoms with Crippen LogP contribution in [-0.2, 0) is 11.8 Å². The van der Waals surface area contributed by atoms with Gasteiger partial charge < -0.3 is 10.2 Å². The number of amides is 2. The Labute approximate surface area is 139 Å². The third kappa shape index (κ3) is 2.77. The van der Waals surface area contributed by atoms with Crippen molar-refractivity contribution in [1.29, 1.82) is 0 Å². The second kappa shape index (κ2) is 6.07. The average molecular weight is 330 g/mol. The minimum atomic E-state index is -0.576. The molecule has 126 valence electrons. The lowest BCUT2D eigenvalue weighted by Gasteiger charge is -2.25. The van der Waals surface area contributed by atoms with Crippen molar-refractivity contribution in [2.75, 3.05) is 7.05 Å². The molecule has 1 saturated heterocycles. The van der Waals surface area contributed by atoms with Gasteiger partial charge in [0.05, 0.1) is 23.3 Å². The summed E-state index contributed by atoms with van der Waals surface area (Å²) in [4.78, 5) is 26.2. The number of likely N-dealkylation sites (N-methyl/N-ethyl adjacent to an activating group) is 1. The van der Waals surface area contributed by atoms with E-state index in [4.69, 9.17) is 0 Å². The minimum Gasteiger partial charge on any atom is -0.346 e. The fraction of sp³-hybridized carbons (Fsp3) is 0.353. The van der Waals surface area contributed by atoms with Gasteiger partial charge in [0.25, 0.3) is 5.91 Å². The molecule has 1 fully saturated rings. The van der Waals surface area contributed by atoms with Crippen LogP contribution < -0.4 is 5.32 Å². The average Bonchev–Trinajstić information content (AvgIpc) is 3.06. The number of hydrogen-bond acceptors (Lipinski definition) is 3. The molecule has 2 aromatic rings. The molecular weight excluding hydrogens is 311 g/mol. The molecule has 1 aliphatic rings. The van der Waals surface area contributed by atoms with Gasteiger partial charge in [0.2, 0.25) is 5.91 Å². The summed E-state index contributed by atoms with van der Waals surface area (Å²) >= 11 is 0. The van der Waals surface area contributed by atoms with Gasteiger partial charge >= 0.3 is 0 Å². The van der Waals surface area contributed by atoms with E-state index in [9.17, 15) is 14.0 Å². The van der Waals surface area contributed by atoms with Gasteiger partial charge in [-0.3, -0.25) is 14.3 Å². The molecule has 0 spiro atoms. The normalized spacial score (nSPS) is 20.5. The maximum atomic E-state index is 13.9. The number of carbonyl (C=O) groups excluding carboxylic acids is 2. The van der Waals surface area contributed by atoms with Crippen LogP contribution in [0, 0.1) is 12.7 Å². The van der Waals surface area contributed by atoms with Crippen LogP contribution in [0.4, 0.5) is 4.39 Å². The SMILES string of the molecule is Cc1ccc(F)c(C(=O)N[C@@H]2CC(=O)N(C)[C@H]2c2ccnn2C)c1. The van der Waals surface area contributed by atoms with Crippen LogP contribution in [0.2, 0.25) is 0 Å². The molecule has 3 rings (SSSR count). The van der Waals surface area contributed by atoms with Crippen molar-refractivity contribution in [2.24, 2.45) is 7.05 Å². The zero-order valence-corrected chi connectivity index (χ0v) is 13.8. The third-order valence-corrected chi connectivity index (χ3v) is 4.43. The maximum Gasteiger partial charge on any atom is 0.254 e. The predicted molar refractivity (Wildman–Crippen MR) is 85.7 cm³/mol. The lowest BCUT2D eigenvalue weighted by Crippen LogP contribution is -2.40. The lowest BCUT2D eigenvalue weighted by molar-refractivity contribution is -0.127. The lowest BCUT2D eigenvalue weighted by atomic mass is 10.0. The van der Waals surface area contributed by atoms with Crippen LogP contribution in [0.25, 0.3) is 0 Å². The van der Waals surface area contributed by atoms with Crippen molar-refractivity contribution in [3.63, 3.8) is 0 Å². The number of nitrogens with zero attached hydrogens (tertiary/aromatic N) is 3. The van der Waals surface area contributed by atoms with Crippen LogP contribution in [0.1, 0.15) is 34.1 Å². The molecule has 0 aliphatic carbocycles. The summed E-state index contributed by atoms with van der Waals surface area (Å²) in [6.45, 7) is 1.79. The Morgan fingerprint density at radius 2 is 2.08 bits per heavy atom. The second-order valence-corrected chi connectivity index (χ2v) is 6.10. The zero-order valence-electron chi connectivity index (χ0n) is 13.8. The minimum absolute atomic E-state index is 0.0132. The van der Waals surface area contributed by atoms with E-state index in [0.29, 0.717) is 0 Å². The van der Waals surface area contributed by atoms with Crippen molar-refractivity contribution in [2.45, 2.75) is 25.4 Å². The highest BCUT2D eigenvalue weighted by atomic mass is 19.1. The first-order valence-corrected chi connectivity index (χ1v) is 7.69. The largest absolute Gasteiger partial charge is 0.346 e. The summed E-state index contributed by atoms with van der Waals surface area (Å²) in [5.74, 6) is -1.17. The van der Waals surface area contributed by atoms with Crippen molar-refractivity contribution in [3.05, 3.63) is 53.1 Å². The van der Waals surface area contributed by atoms with E-state index in [0.717, 1.165) is 11.3 Å². The van der Waals surface area contributed by atoms with E-state index in [1.54, 1.807) is 42.9 Å². The van der Waals surface area contributed by atoms with Crippen molar-refractivity contribution in [3.8, 4) is 0 Å². The van der Waals surface area contributed by atoms with E-state index in [1.807, 2.05) is 6.07 Å².